The van der Waals surface area contributed by atoms with E-state index >= 15 is 0 Å². The Balaban J connectivity index is 1.51. The van der Waals surface area contributed by atoms with Gasteiger partial charge in [0.05, 0.1) is 23.0 Å². The molecule has 0 radical (unpaired) electrons. The third kappa shape index (κ3) is 3.24. The van der Waals surface area contributed by atoms with Gasteiger partial charge in [0, 0.05) is 19.5 Å². The van der Waals surface area contributed by atoms with Gasteiger partial charge >= 0.3 is 0 Å². The van der Waals surface area contributed by atoms with E-state index in [4.69, 9.17) is 0 Å². The topological polar surface area (TPSA) is 67.2 Å². The van der Waals surface area contributed by atoms with Crippen molar-refractivity contribution in [1.29, 1.82) is 0 Å². The molecule has 21 heavy (non-hydrogen) atoms. The molecule has 1 aliphatic carbocycles. The first-order valence-electron chi connectivity index (χ1n) is 7.55. The number of hydrogen-bond acceptors (Lipinski definition) is 3. The average molecular weight is 287 g/mol. The van der Waals surface area contributed by atoms with Gasteiger partial charge in [-0.05, 0) is 25.0 Å². The minimum absolute atomic E-state index is 0.0203. The number of rotatable bonds is 5. The van der Waals surface area contributed by atoms with Gasteiger partial charge in [0.25, 0.3) is 0 Å². The lowest BCUT2D eigenvalue weighted by Gasteiger charge is -2.22. The van der Waals surface area contributed by atoms with Crippen molar-refractivity contribution in [3.63, 3.8) is 0 Å². The van der Waals surface area contributed by atoms with Crippen LogP contribution in [0, 0.1) is 0 Å². The van der Waals surface area contributed by atoms with Crippen LogP contribution in [-0.4, -0.2) is 32.7 Å². The van der Waals surface area contributed by atoms with Crippen molar-refractivity contribution in [3.8, 4) is 0 Å². The number of carbonyl (C=O) groups is 1. The van der Waals surface area contributed by atoms with Crippen molar-refractivity contribution < 1.29 is 9.90 Å². The van der Waals surface area contributed by atoms with E-state index in [2.05, 4.69) is 10.3 Å². The summed E-state index contributed by atoms with van der Waals surface area (Å²) >= 11 is 0. The zero-order valence-electron chi connectivity index (χ0n) is 12.1. The number of nitrogens with one attached hydrogen (secondary N) is 1. The molecule has 3 rings (SSSR count). The van der Waals surface area contributed by atoms with E-state index in [-0.39, 0.29) is 5.91 Å². The molecule has 0 unspecified atom stereocenters. The average Bonchev–Trinajstić information content (AvgIpc) is 3.10. The second kappa shape index (κ2) is 5.85. The normalized spacial score (nSPS) is 17.2. The van der Waals surface area contributed by atoms with Gasteiger partial charge in [-0.15, -0.1) is 0 Å². The maximum atomic E-state index is 11.9. The van der Waals surface area contributed by atoms with Crippen LogP contribution in [0.15, 0.2) is 30.6 Å². The first-order valence-corrected chi connectivity index (χ1v) is 7.55. The molecule has 2 N–H and O–H groups in total. The van der Waals surface area contributed by atoms with Crippen LogP contribution in [0.2, 0.25) is 0 Å². The van der Waals surface area contributed by atoms with E-state index < -0.39 is 5.60 Å². The number of benzene rings is 1. The molecule has 1 fully saturated rings. The monoisotopic (exact) mass is 287 g/mol. The molecule has 1 heterocycles. The molecule has 0 spiro atoms. The molecule has 1 aromatic carbocycles. The predicted molar refractivity (Wildman–Crippen MR) is 80.8 cm³/mol. The number of aliphatic hydroxyl groups is 1. The summed E-state index contributed by atoms with van der Waals surface area (Å²) < 4.78 is 1.99. The van der Waals surface area contributed by atoms with Gasteiger partial charge in [0.15, 0.2) is 0 Å². The summed E-state index contributed by atoms with van der Waals surface area (Å²) in [6.45, 7) is 0.973. The van der Waals surface area contributed by atoms with Crippen LogP contribution >= 0.6 is 0 Å². The molecule has 1 aliphatic rings. The highest BCUT2D eigenvalue weighted by molar-refractivity contribution is 5.77. The Bertz CT molecular complexity index is 629. The number of para-hydroxylation sites is 2. The number of aryl methyl sites for hydroxylation is 1. The van der Waals surface area contributed by atoms with Gasteiger partial charge in [-0.2, -0.15) is 0 Å². The Morgan fingerprint density at radius 3 is 2.90 bits per heavy atom. The van der Waals surface area contributed by atoms with Crippen LogP contribution in [-0.2, 0) is 11.3 Å². The summed E-state index contributed by atoms with van der Waals surface area (Å²) in [4.78, 5) is 16.2. The van der Waals surface area contributed by atoms with Gasteiger partial charge in [0.1, 0.15) is 0 Å². The number of amides is 1. The summed E-state index contributed by atoms with van der Waals surface area (Å²) in [5, 5.41) is 13.1. The first-order chi connectivity index (χ1) is 10.2. The molecular formula is C16H21N3O2. The van der Waals surface area contributed by atoms with E-state index in [9.17, 15) is 9.90 Å². The van der Waals surface area contributed by atoms with E-state index in [1.54, 1.807) is 6.33 Å². The minimum atomic E-state index is -0.683. The molecule has 0 saturated heterocycles. The fourth-order valence-electron chi connectivity index (χ4n) is 2.97. The van der Waals surface area contributed by atoms with Gasteiger partial charge in [-0.25, -0.2) is 4.98 Å². The van der Waals surface area contributed by atoms with Crippen molar-refractivity contribution in [2.24, 2.45) is 0 Å². The van der Waals surface area contributed by atoms with Crippen molar-refractivity contribution in [1.82, 2.24) is 14.9 Å². The number of aromatic nitrogens is 2. The fraction of sp³-hybridized carbons (Fsp3) is 0.500. The summed E-state index contributed by atoms with van der Waals surface area (Å²) in [5.41, 5.74) is 1.30. The second-order valence-corrected chi connectivity index (χ2v) is 5.88. The Morgan fingerprint density at radius 1 is 1.33 bits per heavy atom. The molecule has 1 saturated carbocycles. The predicted octanol–water partition coefficient (Wildman–Crippen LogP) is 1.85. The van der Waals surface area contributed by atoms with Gasteiger partial charge in [-0.1, -0.05) is 25.0 Å². The highest BCUT2D eigenvalue weighted by atomic mass is 16.3. The van der Waals surface area contributed by atoms with Crippen LogP contribution in [0.3, 0.4) is 0 Å². The van der Waals surface area contributed by atoms with Gasteiger partial charge < -0.3 is 15.0 Å². The molecule has 0 atom stereocenters. The number of fused-ring (bicyclic) bond motifs is 1. The zero-order chi connectivity index (χ0) is 14.7. The number of hydrogen-bond donors (Lipinski definition) is 2. The third-order valence-corrected chi connectivity index (χ3v) is 4.26. The van der Waals surface area contributed by atoms with Crippen LogP contribution < -0.4 is 5.32 Å². The Labute approximate surface area is 124 Å². The van der Waals surface area contributed by atoms with E-state index in [0.29, 0.717) is 19.5 Å². The summed E-state index contributed by atoms with van der Waals surface area (Å²) in [6, 6.07) is 7.88. The second-order valence-electron chi connectivity index (χ2n) is 5.88. The third-order valence-electron chi connectivity index (χ3n) is 4.26. The molecule has 1 aromatic heterocycles. The van der Waals surface area contributed by atoms with E-state index in [1.165, 1.54) is 0 Å². The standard InChI is InChI=1S/C16H21N3O2/c20-15(17-11-16(21)8-3-4-9-16)7-10-19-12-18-13-5-1-2-6-14(13)19/h1-2,5-6,12,21H,3-4,7-11H2,(H,17,20). The fourth-order valence-corrected chi connectivity index (χ4v) is 2.97. The summed E-state index contributed by atoms with van der Waals surface area (Å²) in [7, 11) is 0. The lowest BCUT2D eigenvalue weighted by Crippen LogP contribution is -2.40. The van der Waals surface area contributed by atoms with Crippen LogP contribution in [0.25, 0.3) is 11.0 Å². The molecule has 0 bridgehead atoms. The Hall–Kier alpha value is -1.88. The molecule has 0 aliphatic heterocycles. The SMILES string of the molecule is O=C(CCn1cnc2ccccc21)NCC1(O)CCCC1. The maximum Gasteiger partial charge on any atom is 0.221 e. The smallest absolute Gasteiger partial charge is 0.221 e. The molecule has 2 aromatic rings. The summed E-state index contributed by atoms with van der Waals surface area (Å²) in [6.07, 6.45) is 5.85. The highest BCUT2D eigenvalue weighted by Gasteiger charge is 2.31. The van der Waals surface area contributed by atoms with Crippen molar-refractivity contribution in [3.05, 3.63) is 30.6 Å². The van der Waals surface area contributed by atoms with Crippen molar-refractivity contribution >= 4 is 16.9 Å². The lowest BCUT2D eigenvalue weighted by molar-refractivity contribution is -0.122. The molecule has 5 nitrogen and oxygen atoms in total. The van der Waals surface area contributed by atoms with Crippen molar-refractivity contribution in [2.75, 3.05) is 6.54 Å². The van der Waals surface area contributed by atoms with E-state index in [1.807, 2.05) is 28.8 Å². The Morgan fingerprint density at radius 2 is 2.10 bits per heavy atom. The molecule has 112 valence electrons. The van der Waals surface area contributed by atoms with Gasteiger partial charge in [0.2, 0.25) is 5.91 Å². The highest BCUT2D eigenvalue weighted by Crippen LogP contribution is 2.28. The molecule has 1 amide bonds. The Kier molecular flexibility index (Phi) is 3.92. The van der Waals surface area contributed by atoms with Crippen LogP contribution in [0.4, 0.5) is 0 Å². The summed E-state index contributed by atoms with van der Waals surface area (Å²) in [5.74, 6) is -0.0203. The number of nitrogens with zero attached hydrogens (tertiary/aromatic N) is 2. The maximum absolute atomic E-state index is 11.9. The molecule has 5 heteroatoms. The van der Waals surface area contributed by atoms with Crippen LogP contribution in [0.5, 0.6) is 0 Å². The largest absolute Gasteiger partial charge is 0.388 e. The minimum Gasteiger partial charge on any atom is -0.388 e. The zero-order valence-corrected chi connectivity index (χ0v) is 12.1. The number of imidazole rings is 1. The van der Waals surface area contributed by atoms with E-state index in [0.717, 1.165) is 36.7 Å². The quantitative estimate of drug-likeness (QED) is 0.882. The van der Waals surface area contributed by atoms with Crippen molar-refractivity contribution in [2.45, 2.75) is 44.2 Å². The van der Waals surface area contributed by atoms with Crippen LogP contribution in [0.1, 0.15) is 32.1 Å². The number of carbonyl (C=O) groups excluding carboxylic acids is 1. The lowest BCUT2D eigenvalue weighted by atomic mass is 10.0. The van der Waals surface area contributed by atoms with Gasteiger partial charge in [-0.3, -0.25) is 4.79 Å². The first kappa shape index (κ1) is 14.1. The molecular weight excluding hydrogens is 266 g/mol.